The smallest absolute Gasteiger partial charge is 0.305 e. The average Bonchev–Trinajstić information content (AvgIpc) is 3.39. The normalized spacial score (nSPS) is 19.1. The zero-order valence-corrected chi connectivity index (χ0v) is 47.1. The molecule has 7 unspecified atom stereocenters. The molecule has 0 aromatic rings. The van der Waals surface area contributed by atoms with E-state index in [1.165, 1.54) is 180 Å². The van der Waals surface area contributed by atoms with Crippen LogP contribution in [0.2, 0.25) is 0 Å². The Morgan fingerprint density at radius 3 is 1.32 bits per heavy atom. The van der Waals surface area contributed by atoms with E-state index in [2.05, 4.69) is 43.5 Å². The van der Waals surface area contributed by atoms with Crippen LogP contribution in [0.3, 0.4) is 0 Å². The van der Waals surface area contributed by atoms with Crippen LogP contribution in [0.5, 0.6) is 0 Å². The van der Waals surface area contributed by atoms with Crippen molar-refractivity contribution in [1.82, 2.24) is 5.32 Å². The highest BCUT2D eigenvalue weighted by molar-refractivity contribution is 5.76. The average molecular weight is 1030 g/mol. The van der Waals surface area contributed by atoms with Crippen LogP contribution in [0.25, 0.3) is 0 Å². The predicted octanol–water partition coefficient (Wildman–Crippen LogP) is 14.3. The highest BCUT2D eigenvalue weighted by atomic mass is 16.7. The first-order valence-electron chi connectivity index (χ1n) is 30.8. The summed E-state index contributed by atoms with van der Waals surface area (Å²) in [5.41, 5.74) is 0. The van der Waals surface area contributed by atoms with Crippen LogP contribution in [0, 0.1) is 0 Å². The summed E-state index contributed by atoms with van der Waals surface area (Å²) in [4.78, 5) is 25.1. The number of hydrogen-bond donors (Lipinski definition) is 6. The van der Waals surface area contributed by atoms with Gasteiger partial charge in [-0.3, -0.25) is 9.59 Å². The molecule has 0 aromatic carbocycles. The zero-order chi connectivity index (χ0) is 53.1. The number of unbranched alkanes of at least 4 members (excludes halogenated alkanes) is 35. The SMILES string of the molecule is CCCCCCCC/C=C\CCCCCCCC(=O)OCCCCCCCCCCCC/C=C\CCCCCCCCCC(=O)NC(COC1OC(CO)C(O)C(O)C1O)C(O)/C=C/CCCCCCCCC. The van der Waals surface area contributed by atoms with Gasteiger partial charge in [0.25, 0.3) is 0 Å². The van der Waals surface area contributed by atoms with E-state index in [1.54, 1.807) is 6.08 Å². The number of aliphatic hydroxyl groups is 5. The van der Waals surface area contributed by atoms with Gasteiger partial charge in [0.05, 0.1) is 32.0 Å². The van der Waals surface area contributed by atoms with Gasteiger partial charge in [-0.15, -0.1) is 0 Å². The van der Waals surface area contributed by atoms with Crippen LogP contribution in [0.1, 0.15) is 284 Å². The Labute approximate surface area is 447 Å². The molecule has 0 spiro atoms. The fourth-order valence-electron chi connectivity index (χ4n) is 9.54. The van der Waals surface area contributed by atoms with Crippen molar-refractivity contribution in [3.8, 4) is 0 Å². The van der Waals surface area contributed by atoms with Gasteiger partial charge in [0.1, 0.15) is 24.4 Å². The maximum Gasteiger partial charge on any atom is 0.305 e. The van der Waals surface area contributed by atoms with Crippen LogP contribution >= 0.6 is 0 Å². The summed E-state index contributed by atoms with van der Waals surface area (Å²) in [6, 6.07) is -0.814. The standard InChI is InChI=1S/C62H115NO10/c1-3-5-7-9-11-13-14-15-23-27-30-34-38-42-46-50-58(67)71-51-47-43-39-35-31-28-25-22-20-18-16-17-19-21-24-26-29-33-37-41-45-49-57(66)63-54(55(65)48-44-40-36-32-12-10-8-6-4-2)53-72-62-61(70)60(69)59(68)56(52-64)73-62/h15,17,19,23,44,48,54-56,59-62,64-65,68-70H,3-14,16,18,20-22,24-43,45-47,49-53H2,1-2H3,(H,63,66)/b19-17-,23-15-,48-44+. The molecule has 1 fully saturated rings. The van der Waals surface area contributed by atoms with Gasteiger partial charge in [0, 0.05) is 12.8 Å². The molecule has 0 radical (unpaired) electrons. The summed E-state index contributed by atoms with van der Waals surface area (Å²) in [6.45, 7) is 4.30. The number of carbonyl (C=O) groups is 2. The van der Waals surface area contributed by atoms with E-state index in [0.29, 0.717) is 19.4 Å². The topological polar surface area (TPSA) is 175 Å². The van der Waals surface area contributed by atoms with E-state index in [0.717, 1.165) is 77.0 Å². The molecular formula is C62H115NO10. The van der Waals surface area contributed by atoms with Gasteiger partial charge >= 0.3 is 5.97 Å². The van der Waals surface area contributed by atoms with Crippen molar-refractivity contribution in [2.75, 3.05) is 19.8 Å². The molecule has 11 nitrogen and oxygen atoms in total. The first-order valence-corrected chi connectivity index (χ1v) is 30.8. The van der Waals surface area contributed by atoms with Crippen molar-refractivity contribution in [3.63, 3.8) is 0 Å². The number of carbonyl (C=O) groups excluding carboxylic acids is 2. The minimum absolute atomic E-state index is 0.0131. The fraction of sp³-hybridized carbons (Fsp3) is 0.871. The Kier molecular flexibility index (Phi) is 49.0. The molecule has 428 valence electrons. The van der Waals surface area contributed by atoms with E-state index >= 15 is 0 Å². The molecule has 1 amide bonds. The Bertz CT molecular complexity index is 1310. The highest BCUT2D eigenvalue weighted by Crippen LogP contribution is 2.23. The number of ether oxygens (including phenoxy) is 3. The summed E-state index contributed by atoms with van der Waals surface area (Å²) in [6.07, 6.45) is 54.0. The fourth-order valence-corrected chi connectivity index (χ4v) is 9.54. The quantitative estimate of drug-likeness (QED) is 0.0195. The second-order valence-corrected chi connectivity index (χ2v) is 21.4. The Hall–Kier alpha value is -2.12. The van der Waals surface area contributed by atoms with Crippen molar-refractivity contribution >= 4 is 11.9 Å². The van der Waals surface area contributed by atoms with Gasteiger partial charge in [-0.05, 0) is 83.5 Å². The second-order valence-electron chi connectivity index (χ2n) is 21.4. The van der Waals surface area contributed by atoms with E-state index < -0.39 is 49.5 Å². The van der Waals surface area contributed by atoms with Gasteiger partial charge in [0.15, 0.2) is 6.29 Å². The minimum Gasteiger partial charge on any atom is -0.466 e. The third kappa shape index (κ3) is 41.7. The maximum absolute atomic E-state index is 13.0. The molecule has 7 atom stereocenters. The van der Waals surface area contributed by atoms with Gasteiger partial charge < -0.3 is 45.1 Å². The van der Waals surface area contributed by atoms with E-state index in [-0.39, 0.29) is 18.5 Å². The lowest BCUT2D eigenvalue weighted by Crippen LogP contribution is -2.60. The molecule has 73 heavy (non-hydrogen) atoms. The van der Waals surface area contributed by atoms with Crippen molar-refractivity contribution in [2.24, 2.45) is 0 Å². The molecule has 0 aromatic heterocycles. The molecule has 0 bridgehead atoms. The molecule has 1 aliphatic heterocycles. The summed E-state index contributed by atoms with van der Waals surface area (Å²) in [5, 5.41) is 54.2. The van der Waals surface area contributed by atoms with Crippen LogP contribution in [0.15, 0.2) is 36.5 Å². The molecule has 0 aliphatic carbocycles. The lowest BCUT2D eigenvalue weighted by molar-refractivity contribution is -0.302. The van der Waals surface area contributed by atoms with E-state index in [9.17, 15) is 35.1 Å². The van der Waals surface area contributed by atoms with E-state index in [4.69, 9.17) is 14.2 Å². The predicted molar refractivity (Wildman–Crippen MR) is 301 cm³/mol. The van der Waals surface area contributed by atoms with Crippen molar-refractivity contribution in [1.29, 1.82) is 0 Å². The zero-order valence-electron chi connectivity index (χ0n) is 47.1. The molecule has 6 N–H and O–H groups in total. The number of nitrogens with one attached hydrogen (secondary N) is 1. The Balaban J connectivity index is 2.01. The first kappa shape index (κ1) is 68.9. The second kappa shape index (κ2) is 52.0. The number of amides is 1. The van der Waals surface area contributed by atoms with Gasteiger partial charge in [-0.1, -0.05) is 224 Å². The summed E-state index contributed by atoms with van der Waals surface area (Å²) >= 11 is 0. The molecule has 1 rings (SSSR count). The lowest BCUT2D eigenvalue weighted by atomic mass is 9.99. The maximum atomic E-state index is 13.0. The minimum atomic E-state index is -1.57. The van der Waals surface area contributed by atoms with Crippen molar-refractivity contribution in [2.45, 2.75) is 326 Å². The highest BCUT2D eigenvalue weighted by Gasteiger charge is 2.44. The molecular weight excluding hydrogens is 919 g/mol. The summed E-state index contributed by atoms with van der Waals surface area (Å²) < 4.78 is 16.7. The lowest BCUT2D eigenvalue weighted by Gasteiger charge is -2.40. The first-order chi connectivity index (χ1) is 35.7. The Morgan fingerprint density at radius 2 is 0.877 bits per heavy atom. The van der Waals surface area contributed by atoms with Gasteiger partial charge in [0.2, 0.25) is 5.91 Å². The third-order valence-corrected chi connectivity index (χ3v) is 14.5. The number of aliphatic hydroxyl groups excluding tert-OH is 5. The number of allylic oxidation sites excluding steroid dienone is 5. The molecule has 1 saturated heterocycles. The van der Waals surface area contributed by atoms with Gasteiger partial charge in [-0.2, -0.15) is 0 Å². The molecule has 0 saturated carbocycles. The van der Waals surface area contributed by atoms with Crippen LogP contribution < -0.4 is 5.32 Å². The number of esters is 1. The largest absolute Gasteiger partial charge is 0.466 e. The van der Waals surface area contributed by atoms with E-state index in [1.807, 2.05) is 6.08 Å². The number of rotatable bonds is 53. The number of hydrogen-bond acceptors (Lipinski definition) is 10. The van der Waals surface area contributed by atoms with Crippen molar-refractivity contribution in [3.05, 3.63) is 36.5 Å². The van der Waals surface area contributed by atoms with Crippen LogP contribution in [0.4, 0.5) is 0 Å². The molecule has 11 heteroatoms. The summed E-state index contributed by atoms with van der Waals surface area (Å²) in [5.74, 6) is -0.205. The summed E-state index contributed by atoms with van der Waals surface area (Å²) in [7, 11) is 0. The molecule has 1 heterocycles. The molecule has 1 aliphatic rings. The monoisotopic (exact) mass is 1030 g/mol. The van der Waals surface area contributed by atoms with Crippen LogP contribution in [-0.2, 0) is 23.8 Å². The van der Waals surface area contributed by atoms with Crippen molar-refractivity contribution < 1.29 is 49.3 Å². The third-order valence-electron chi connectivity index (χ3n) is 14.5. The van der Waals surface area contributed by atoms with Crippen LogP contribution in [-0.4, -0.2) is 100 Å². The Morgan fingerprint density at radius 1 is 0.493 bits per heavy atom. The van der Waals surface area contributed by atoms with Gasteiger partial charge in [-0.25, -0.2) is 0 Å².